The Bertz CT molecular complexity index is 885. The van der Waals surface area contributed by atoms with Crippen LogP contribution in [0.15, 0.2) is 42.6 Å². The molecule has 7 heteroatoms. The van der Waals surface area contributed by atoms with Crippen LogP contribution >= 0.6 is 0 Å². The van der Waals surface area contributed by atoms with Gasteiger partial charge in [-0.1, -0.05) is 12.1 Å². The van der Waals surface area contributed by atoms with Gasteiger partial charge in [0, 0.05) is 6.20 Å². The highest BCUT2D eigenvalue weighted by Gasteiger charge is 2.17. The van der Waals surface area contributed by atoms with Crippen molar-refractivity contribution in [3.05, 3.63) is 48.2 Å². The number of aromatic nitrogens is 3. The summed E-state index contributed by atoms with van der Waals surface area (Å²) in [5, 5.41) is 7.78. The highest BCUT2D eigenvalue weighted by molar-refractivity contribution is 5.95. The molecule has 0 atom stereocenters. The van der Waals surface area contributed by atoms with E-state index in [4.69, 9.17) is 15.9 Å². The van der Waals surface area contributed by atoms with Gasteiger partial charge >= 0.3 is 5.97 Å². The molecule has 0 unspecified atom stereocenters. The molecule has 0 spiro atoms. The first-order valence-electron chi connectivity index (χ1n) is 6.48. The number of fused-ring (bicyclic) bond motifs is 1. The lowest BCUT2D eigenvalue weighted by Crippen LogP contribution is -2.21. The predicted octanol–water partition coefficient (Wildman–Crippen LogP) is 1.63. The number of ether oxygens (including phenoxy) is 1. The number of rotatable bonds is 2. The molecule has 0 bridgehead atoms. The molecule has 1 aromatic carbocycles. The third-order valence-electron chi connectivity index (χ3n) is 3.21. The summed E-state index contributed by atoms with van der Waals surface area (Å²) in [7, 11) is 1.31. The maximum absolute atomic E-state index is 11.6. The van der Waals surface area contributed by atoms with Crippen LogP contribution in [0, 0.1) is 5.41 Å². The molecule has 0 aliphatic heterocycles. The van der Waals surface area contributed by atoms with Gasteiger partial charge in [0.05, 0.1) is 23.7 Å². The molecule has 0 aliphatic carbocycles. The number of hydrogen-bond acceptors (Lipinski definition) is 5. The maximum atomic E-state index is 11.6. The molecule has 110 valence electrons. The Labute approximate surface area is 125 Å². The molecule has 2 aromatic heterocycles. The van der Waals surface area contributed by atoms with E-state index >= 15 is 0 Å². The van der Waals surface area contributed by atoms with Crippen LogP contribution in [0.25, 0.3) is 22.6 Å². The Morgan fingerprint density at radius 1 is 1.32 bits per heavy atom. The van der Waals surface area contributed by atoms with E-state index in [-0.39, 0.29) is 5.96 Å². The lowest BCUT2D eigenvalue weighted by atomic mass is 10.2. The van der Waals surface area contributed by atoms with Crippen molar-refractivity contribution in [2.75, 3.05) is 7.11 Å². The molecule has 0 fully saturated rings. The van der Waals surface area contributed by atoms with Crippen LogP contribution in [0.4, 0.5) is 0 Å². The van der Waals surface area contributed by atoms with E-state index in [1.807, 2.05) is 24.3 Å². The minimum Gasteiger partial charge on any atom is -0.465 e. The number of imidazole rings is 1. The van der Waals surface area contributed by atoms with Gasteiger partial charge in [-0.3, -0.25) is 15.0 Å². The van der Waals surface area contributed by atoms with Crippen LogP contribution in [0.2, 0.25) is 0 Å². The Morgan fingerprint density at radius 3 is 2.82 bits per heavy atom. The van der Waals surface area contributed by atoms with Gasteiger partial charge in [-0.15, -0.1) is 0 Å². The Morgan fingerprint density at radius 2 is 2.09 bits per heavy atom. The van der Waals surface area contributed by atoms with Gasteiger partial charge in [-0.25, -0.2) is 9.78 Å². The molecular weight excluding hydrogens is 282 g/mol. The first-order chi connectivity index (χ1) is 10.6. The fourth-order valence-corrected chi connectivity index (χ4v) is 2.24. The number of carbonyl (C=O) groups excluding carboxylic acids is 1. The molecule has 0 saturated carbocycles. The largest absolute Gasteiger partial charge is 0.465 e. The zero-order chi connectivity index (χ0) is 15.7. The number of nitrogens with two attached hydrogens (primary N) is 1. The summed E-state index contributed by atoms with van der Waals surface area (Å²) >= 11 is 0. The van der Waals surface area contributed by atoms with Gasteiger partial charge in [-0.05, 0) is 24.3 Å². The van der Waals surface area contributed by atoms with E-state index in [2.05, 4.69) is 9.97 Å². The number of para-hydroxylation sites is 2. The molecule has 0 radical (unpaired) electrons. The number of nitrogens with one attached hydrogen (secondary N) is 1. The van der Waals surface area contributed by atoms with Crippen LogP contribution in [-0.4, -0.2) is 33.6 Å². The van der Waals surface area contributed by atoms with Crippen molar-refractivity contribution in [2.24, 2.45) is 5.73 Å². The Kier molecular flexibility index (Phi) is 3.30. The van der Waals surface area contributed by atoms with E-state index in [1.54, 1.807) is 12.1 Å². The average Bonchev–Trinajstić information content (AvgIpc) is 2.94. The summed E-state index contributed by atoms with van der Waals surface area (Å²) in [5.74, 6) is -0.234. The van der Waals surface area contributed by atoms with Crippen molar-refractivity contribution < 1.29 is 9.53 Å². The number of methoxy groups -OCH3 is 1. The van der Waals surface area contributed by atoms with Crippen molar-refractivity contribution in [2.45, 2.75) is 0 Å². The van der Waals surface area contributed by atoms with E-state index in [1.165, 1.54) is 17.9 Å². The number of hydrogen-bond donors (Lipinski definition) is 2. The molecule has 3 aromatic rings. The maximum Gasteiger partial charge on any atom is 0.337 e. The number of pyridine rings is 1. The summed E-state index contributed by atoms with van der Waals surface area (Å²) in [6.45, 7) is 0. The summed E-state index contributed by atoms with van der Waals surface area (Å²) in [5.41, 5.74) is 7.87. The zero-order valence-electron chi connectivity index (χ0n) is 11.8. The highest BCUT2D eigenvalue weighted by Crippen LogP contribution is 2.23. The first kappa shape index (κ1) is 13.7. The van der Waals surface area contributed by atoms with Crippen molar-refractivity contribution in [3.8, 4) is 11.5 Å². The number of esters is 1. The quantitative estimate of drug-likeness (QED) is 0.424. The second-order valence-corrected chi connectivity index (χ2v) is 4.57. The fourth-order valence-electron chi connectivity index (χ4n) is 2.24. The molecule has 0 saturated heterocycles. The number of benzene rings is 1. The van der Waals surface area contributed by atoms with Crippen LogP contribution in [0.3, 0.4) is 0 Å². The van der Waals surface area contributed by atoms with Crippen molar-refractivity contribution in [1.29, 1.82) is 5.41 Å². The zero-order valence-corrected chi connectivity index (χ0v) is 11.8. The molecular formula is C15H13N5O2. The van der Waals surface area contributed by atoms with Crippen molar-refractivity contribution in [1.82, 2.24) is 14.5 Å². The predicted molar refractivity (Wildman–Crippen MR) is 81.6 cm³/mol. The SMILES string of the molecule is COC(=O)c1ccnc(-c2nc3ccccc3n2C(=N)N)c1. The molecule has 0 aliphatic rings. The molecule has 22 heavy (non-hydrogen) atoms. The molecule has 7 nitrogen and oxygen atoms in total. The minimum absolute atomic E-state index is 0.172. The number of nitrogens with zero attached hydrogens (tertiary/aromatic N) is 3. The van der Waals surface area contributed by atoms with Gasteiger partial charge in [0.1, 0.15) is 5.69 Å². The fraction of sp³-hybridized carbons (Fsp3) is 0.0667. The lowest BCUT2D eigenvalue weighted by Gasteiger charge is -2.07. The van der Waals surface area contributed by atoms with Gasteiger partial charge in [0.25, 0.3) is 0 Å². The second-order valence-electron chi connectivity index (χ2n) is 4.57. The van der Waals surface area contributed by atoms with Crippen molar-refractivity contribution in [3.63, 3.8) is 0 Å². The van der Waals surface area contributed by atoms with Crippen molar-refractivity contribution >= 4 is 23.0 Å². The standard InChI is InChI=1S/C15H13N5O2/c1-22-14(21)9-6-7-18-11(8-9)13-19-10-4-2-3-5-12(10)20(13)15(16)17/h2-8H,1H3,(H3,16,17). The summed E-state index contributed by atoms with van der Waals surface area (Å²) in [6.07, 6.45) is 1.49. The van der Waals surface area contributed by atoms with E-state index in [9.17, 15) is 4.79 Å². The highest BCUT2D eigenvalue weighted by atomic mass is 16.5. The number of carbonyl (C=O) groups is 1. The monoisotopic (exact) mass is 295 g/mol. The smallest absolute Gasteiger partial charge is 0.337 e. The Hall–Kier alpha value is -3.22. The van der Waals surface area contributed by atoms with E-state index in [0.717, 1.165) is 0 Å². The van der Waals surface area contributed by atoms with Gasteiger partial charge in [-0.2, -0.15) is 0 Å². The third kappa shape index (κ3) is 2.18. The summed E-state index contributed by atoms with van der Waals surface area (Å²) in [4.78, 5) is 20.3. The first-order valence-corrected chi connectivity index (χ1v) is 6.48. The topological polar surface area (TPSA) is 107 Å². The summed E-state index contributed by atoms with van der Waals surface area (Å²) in [6, 6.07) is 10.4. The average molecular weight is 295 g/mol. The lowest BCUT2D eigenvalue weighted by molar-refractivity contribution is 0.0600. The van der Waals surface area contributed by atoms with Crippen LogP contribution in [0.5, 0.6) is 0 Å². The normalized spacial score (nSPS) is 10.6. The molecule has 3 rings (SSSR count). The number of nitrogen functional groups attached to an aromatic ring is 1. The van der Waals surface area contributed by atoms with E-state index < -0.39 is 5.97 Å². The third-order valence-corrected chi connectivity index (χ3v) is 3.21. The van der Waals surface area contributed by atoms with Gasteiger partial charge < -0.3 is 10.5 Å². The summed E-state index contributed by atoms with van der Waals surface area (Å²) < 4.78 is 6.19. The minimum atomic E-state index is -0.464. The van der Waals surface area contributed by atoms with Crippen LogP contribution in [0.1, 0.15) is 10.4 Å². The van der Waals surface area contributed by atoms with Crippen LogP contribution in [-0.2, 0) is 4.74 Å². The Balaban J connectivity index is 2.24. The van der Waals surface area contributed by atoms with Gasteiger partial charge in [0.15, 0.2) is 11.8 Å². The van der Waals surface area contributed by atoms with Gasteiger partial charge in [0.2, 0.25) is 0 Å². The van der Waals surface area contributed by atoms with Crippen LogP contribution < -0.4 is 5.73 Å². The van der Waals surface area contributed by atoms with E-state index in [0.29, 0.717) is 28.1 Å². The molecule has 0 amide bonds. The molecule has 3 N–H and O–H groups in total. The second kappa shape index (κ2) is 5.28. The molecule has 2 heterocycles.